The van der Waals surface area contributed by atoms with Crippen LogP contribution in [0.2, 0.25) is 0 Å². The number of halogens is 3. The summed E-state index contributed by atoms with van der Waals surface area (Å²) in [5.41, 5.74) is 0. The summed E-state index contributed by atoms with van der Waals surface area (Å²) in [7, 11) is -2.94. The topological polar surface area (TPSA) is 58.2 Å². The van der Waals surface area contributed by atoms with Gasteiger partial charge in [0.25, 0.3) is 0 Å². The average molecular weight is 288 g/mol. The van der Waals surface area contributed by atoms with Crippen LogP contribution < -0.4 is 10.6 Å². The van der Waals surface area contributed by atoms with E-state index < -0.39 is 22.4 Å². The molecule has 108 valence electrons. The lowest BCUT2D eigenvalue weighted by atomic mass is 10.2. The first kappa shape index (κ1) is 15.7. The van der Waals surface area contributed by atoms with Gasteiger partial charge in [0.2, 0.25) is 0 Å². The molecule has 8 heteroatoms. The van der Waals surface area contributed by atoms with Gasteiger partial charge in [-0.05, 0) is 25.9 Å². The minimum absolute atomic E-state index is 0.0555. The van der Waals surface area contributed by atoms with Gasteiger partial charge >= 0.3 is 6.18 Å². The highest BCUT2D eigenvalue weighted by Gasteiger charge is 2.26. The van der Waals surface area contributed by atoms with E-state index >= 15 is 0 Å². The van der Waals surface area contributed by atoms with Crippen LogP contribution >= 0.6 is 0 Å². The molecule has 1 unspecified atom stereocenters. The van der Waals surface area contributed by atoms with E-state index in [-0.39, 0.29) is 24.0 Å². The van der Waals surface area contributed by atoms with Crippen molar-refractivity contribution < 1.29 is 21.6 Å². The van der Waals surface area contributed by atoms with Crippen molar-refractivity contribution in [3.05, 3.63) is 0 Å². The second-order valence-corrected chi connectivity index (χ2v) is 6.75. The van der Waals surface area contributed by atoms with Crippen molar-refractivity contribution in [2.24, 2.45) is 0 Å². The minimum Gasteiger partial charge on any atom is -0.317 e. The third-order valence-corrected chi connectivity index (χ3v) is 4.52. The molecule has 0 aromatic carbocycles. The molecule has 0 radical (unpaired) electrons. The molecular formula is C10H19F3N2O2S. The van der Waals surface area contributed by atoms with E-state index in [4.69, 9.17) is 0 Å². The van der Waals surface area contributed by atoms with E-state index in [9.17, 15) is 21.6 Å². The maximum Gasteiger partial charge on any atom is 0.389 e. The molecule has 18 heavy (non-hydrogen) atoms. The molecule has 1 aliphatic rings. The van der Waals surface area contributed by atoms with Crippen molar-refractivity contribution in [2.75, 3.05) is 31.1 Å². The highest BCUT2D eigenvalue weighted by Crippen LogP contribution is 2.20. The van der Waals surface area contributed by atoms with Gasteiger partial charge in [0.1, 0.15) is 0 Å². The van der Waals surface area contributed by atoms with Crippen molar-refractivity contribution >= 4 is 9.84 Å². The van der Waals surface area contributed by atoms with Crippen molar-refractivity contribution in [3.8, 4) is 0 Å². The molecule has 4 nitrogen and oxygen atoms in total. The predicted octanol–water partition coefficient (Wildman–Crippen LogP) is 0.695. The van der Waals surface area contributed by atoms with E-state index in [0.717, 1.165) is 0 Å². The number of sulfone groups is 1. The smallest absolute Gasteiger partial charge is 0.317 e. The van der Waals surface area contributed by atoms with Gasteiger partial charge < -0.3 is 10.6 Å². The SMILES string of the molecule is O=S1(=O)CCNC(CCNCCCC(F)(F)F)C1. The molecule has 0 spiro atoms. The van der Waals surface area contributed by atoms with Crippen LogP contribution in [-0.4, -0.2) is 51.8 Å². The molecule has 0 aromatic rings. The molecule has 2 N–H and O–H groups in total. The largest absolute Gasteiger partial charge is 0.389 e. The molecule has 0 aliphatic carbocycles. The summed E-state index contributed by atoms with van der Waals surface area (Å²) >= 11 is 0. The number of hydrogen-bond donors (Lipinski definition) is 2. The van der Waals surface area contributed by atoms with E-state index in [1.54, 1.807) is 0 Å². The van der Waals surface area contributed by atoms with Crippen LogP contribution in [0, 0.1) is 0 Å². The summed E-state index contributed by atoms with van der Waals surface area (Å²) in [6.07, 6.45) is -4.21. The molecule has 0 saturated carbocycles. The standard InChI is InChI=1S/C10H19F3N2O2S/c11-10(12,13)3-1-4-14-5-2-9-8-18(16,17)7-6-15-9/h9,14-15H,1-8H2. The van der Waals surface area contributed by atoms with Gasteiger partial charge in [-0.25, -0.2) is 8.42 Å². The van der Waals surface area contributed by atoms with Crippen LogP contribution in [0.15, 0.2) is 0 Å². The number of nitrogens with one attached hydrogen (secondary N) is 2. The van der Waals surface area contributed by atoms with Crippen LogP contribution in [0.1, 0.15) is 19.3 Å². The average Bonchev–Trinajstić information content (AvgIpc) is 2.20. The minimum atomic E-state index is -4.10. The third-order valence-electron chi connectivity index (χ3n) is 2.78. The Morgan fingerprint density at radius 3 is 2.61 bits per heavy atom. The Labute approximate surface area is 105 Å². The maximum atomic E-state index is 11.8. The second-order valence-electron chi connectivity index (χ2n) is 4.52. The monoisotopic (exact) mass is 288 g/mol. The molecule has 0 bridgehead atoms. The molecule has 0 amide bonds. The van der Waals surface area contributed by atoms with E-state index in [1.165, 1.54) is 0 Å². The fourth-order valence-corrected chi connectivity index (χ4v) is 3.36. The molecule has 1 atom stereocenters. The van der Waals surface area contributed by atoms with Gasteiger partial charge in [-0.1, -0.05) is 0 Å². The van der Waals surface area contributed by atoms with Gasteiger partial charge in [-0.3, -0.25) is 0 Å². The lowest BCUT2D eigenvalue weighted by Crippen LogP contribution is -2.46. The quantitative estimate of drug-likeness (QED) is 0.706. The number of alkyl halides is 3. The van der Waals surface area contributed by atoms with Crippen molar-refractivity contribution in [2.45, 2.75) is 31.5 Å². The van der Waals surface area contributed by atoms with Gasteiger partial charge in [-0.2, -0.15) is 13.2 Å². The Morgan fingerprint density at radius 2 is 2.00 bits per heavy atom. The van der Waals surface area contributed by atoms with Crippen LogP contribution in [0.3, 0.4) is 0 Å². The zero-order chi connectivity index (χ0) is 13.6. The normalized spacial score (nSPS) is 24.1. The van der Waals surface area contributed by atoms with Gasteiger partial charge in [0.05, 0.1) is 11.5 Å². The van der Waals surface area contributed by atoms with E-state index in [0.29, 0.717) is 26.1 Å². The maximum absolute atomic E-state index is 11.8. The fraction of sp³-hybridized carbons (Fsp3) is 1.00. The van der Waals surface area contributed by atoms with Crippen LogP contribution in [-0.2, 0) is 9.84 Å². The summed E-state index contributed by atoms with van der Waals surface area (Å²) in [5, 5.41) is 5.99. The van der Waals surface area contributed by atoms with Crippen molar-refractivity contribution in [1.29, 1.82) is 0 Å². The van der Waals surface area contributed by atoms with E-state index in [2.05, 4.69) is 10.6 Å². The Morgan fingerprint density at radius 1 is 1.28 bits per heavy atom. The van der Waals surface area contributed by atoms with Crippen LogP contribution in [0.4, 0.5) is 13.2 Å². The van der Waals surface area contributed by atoms with Gasteiger partial charge in [0, 0.05) is 19.0 Å². The number of hydrogen-bond acceptors (Lipinski definition) is 4. The second kappa shape index (κ2) is 6.72. The van der Waals surface area contributed by atoms with Gasteiger partial charge in [0.15, 0.2) is 9.84 Å². The zero-order valence-corrected chi connectivity index (χ0v) is 10.9. The first-order valence-electron chi connectivity index (χ1n) is 6.00. The molecule has 1 rings (SSSR count). The van der Waals surface area contributed by atoms with Gasteiger partial charge in [-0.15, -0.1) is 0 Å². The lowest BCUT2D eigenvalue weighted by Gasteiger charge is -2.23. The molecule has 0 aromatic heterocycles. The first-order valence-corrected chi connectivity index (χ1v) is 7.82. The zero-order valence-electron chi connectivity index (χ0n) is 10.1. The van der Waals surface area contributed by atoms with Crippen LogP contribution in [0.25, 0.3) is 0 Å². The molecule has 1 aliphatic heterocycles. The Bertz CT molecular complexity index is 344. The van der Waals surface area contributed by atoms with Crippen LogP contribution in [0.5, 0.6) is 0 Å². The summed E-state index contributed by atoms with van der Waals surface area (Å²) in [6, 6.07) is -0.0844. The summed E-state index contributed by atoms with van der Waals surface area (Å²) < 4.78 is 58.2. The molecule has 1 saturated heterocycles. The van der Waals surface area contributed by atoms with Crippen molar-refractivity contribution in [1.82, 2.24) is 10.6 Å². The molecule has 1 heterocycles. The summed E-state index contributed by atoms with van der Waals surface area (Å²) in [4.78, 5) is 0. The predicted molar refractivity (Wildman–Crippen MR) is 63.2 cm³/mol. The highest BCUT2D eigenvalue weighted by molar-refractivity contribution is 7.91. The molecular weight excluding hydrogens is 269 g/mol. The Balaban J connectivity index is 2.04. The summed E-state index contributed by atoms with van der Waals surface area (Å²) in [6.45, 7) is 1.30. The first-order chi connectivity index (χ1) is 8.29. The number of rotatable bonds is 6. The Kier molecular flexibility index (Phi) is 5.87. The molecule has 1 fully saturated rings. The summed E-state index contributed by atoms with van der Waals surface area (Å²) in [5.74, 6) is 0.291. The Hall–Kier alpha value is -0.340. The fourth-order valence-electron chi connectivity index (χ4n) is 1.87. The van der Waals surface area contributed by atoms with E-state index in [1.807, 2.05) is 0 Å². The lowest BCUT2D eigenvalue weighted by molar-refractivity contribution is -0.135. The third kappa shape index (κ3) is 7.17. The van der Waals surface area contributed by atoms with Crippen molar-refractivity contribution in [3.63, 3.8) is 0 Å². The highest BCUT2D eigenvalue weighted by atomic mass is 32.2.